The van der Waals surface area contributed by atoms with Crippen molar-refractivity contribution in [1.82, 2.24) is 15.1 Å². The number of amides is 2. The molecule has 1 aromatic carbocycles. The van der Waals surface area contributed by atoms with E-state index in [0.29, 0.717) is 25.2 Å². The second kappa shape index (κ2) is 10.0. The zero-order chi connectivity index (χ0) is 20.7. The summed E-state index contributed by atoms with van der Waals surface area (Å²) in [5.41, 5.74) is 0.635. The highest BCUT2D eigenvalue weighted by Gasteiger charge is 2.33. The highest BCUT2D eigenvalue weighted by atomic mass is 19.1. The van der Waals surface area contributed by atoms with E-state index in [1.165, 1.54) is 26.4 Å². The lowest BCUT2D eigenvalue weighted by Gasteiger charge is -2.35. The van der Waals surface area contributed by atoms with Crippen LogP contribution in [0.2, 0.25) is 0 Å². The topological polar surface area (TPSA) is 88.2 Å². The van der Waals surface area contributed by atoms with Crippen LogP contribution in [-0.4, -0.2) is 74.0 Å². The molecule has 1 N–H and O–H groups in total. The van der Waals surface area contributed by atoms with Gasteiger partial charge in [0.2, 0.25) is 11.8 Å². The Hall–Kier alpha value is -2.68. The van der Waals surface area contributed by atoms with Crippen molar-refractivity contribution >= 4 is 17.8 Å². The minimum absolute atomic E-state index is 0.0123. The molecular formula is C19H26FN3O5. The molecule has 0 spiro atoms. The van der Waals surface area contributed by atoms with Gasteiger partial charge in [0.1, 0.15) is 6.04 Å². The molecule has 1 aliphatic rings. The van der Waals surface area contributed by atoms with E-state index in [1.54, 1.807) is 15.9 Å². The summed E-state index contributed by atoms with van der Waals surface area (Å²) in [6.45, 7) is 3.33. The molecule has 2 rings (SSSR count). The average molecular weight is 395 g/mol. The highest BCUT2D eigenvalue weighted by Crippen LogP contribution is 2.19. The Labute approximate surface area is 163 Å². The van der Waals surface area contributed by atoms with Crippen molar-refractivity contribution in [3.63, 3.8) is 0 Å². The number of hydrogen-bond donors (Lipinski definition) is 1. The quantitative estimate of drug-likeness (QED) is 0.647. The SMILES string of the molecule is CCN(Cc1ccc(OC)c(F)c1)C(=O)CN1CCNC(=O)C1CC(=O)OC. The van der Waals surface area contributed by atoms with Crippen molar-refractivity contribution in [2.75, 3.05) is 40.4 Å². The number of benzene rings is 1. The zero-order valence-electron chi connectivity index (χ0n) is 16.4. The maximum absolute atomic E-state index is 13.9. The minimum atomic E-state index is -0.748. The van der Waals surface area contributed by atoms with E-state index in [-0.39, 0.29) is 37.1 Å². The second-order valence-corrected chi connectivity index (χ2v) is 6.43. The van der Waals surface area contributed by atoms with Crippen molar-refractivity contribution in [2.45, 2.75) is 25.9 Å². The third-order valence-electron chi connectivity index (χ3n) is 4.69. The van der Waals surface area contributed by atoms with Gasteiger partial charge in [0.15, 0.2) is 11.6 Å². The Morgan fingerprint density at radius 3 is 2.71 bits per heavy atom. The molecule has 1 fully saturated rings. The molecule has 1 aromatic rings. The van der Waals surface area contributed by atoms with E-state index in [1.807, 2.05) is 6.92 Å². The van der Waals surface area contributed by atoms with E-state index in [0.717, 1.165) is 0 Å². The standard InChI is InChI=1S/C19H26FN3O5/c1-4-22(11-13-5-6-16(27-2)14(20)9-13)17(24)12-23-8-7-21-19(26)15(23)10-18(25)28-3/h5-6,9,15H,4,7-8,10-12H2,1-3H3,(H,21,26). The molecule has 0 bridgehead atoms. The van der Waals surface area contributed by atoms with E-state index >= 15 is 0 Å². The summed E-state index contributed by atoms with van der Waals surface area (Å²) >= 11 is 0. The van der Waals surface area contributed by atoms with Gasteiger partial charge < -0.3 is 19.7 Å². The summed E-state index contributed by atoms with van der Waals surface area (Å²) in [4.78, 5) is 39.8. The van der Waals surface area contributed by atoms with Crippen molar-refractivity contribution in [3.05, 3.63) is 29.6 Å². The van der Waals surface area contributed by atoms with Gasteiger partial charge in [-0.1, -0.05) is 6.07 Å². The number of carbonyl (C=O) groups is 3. The lowest BCUT2D eigenvalue weighted by atomic mass is 10.1. The molecule has 0 radical (unpaired) electrons. The molecule has 154 valence electrons. The largest absolute Gasteiger partial charge is 0.494 e. The Morgan fingerprint density at radius 1 is 1.36 bits per heavy atom. The van der Waals surface area contributed by atoms with Gasteiger partial charge >= 0.3 is 5.97 Å². The van der Waals surface area contributed by atoms with E-state index in [4.69, 9.17) is 4.74 Å². The van der Waals surface area contributed by atoms with Crippen LogP contribution in [0.4, 0.5) is 4.39 Å². The van der Waals surface area contributed by atoms with Crippen molar-refractivity contribution < 1.29 is 28.2 Å². The fourth-order valence-electron chi connectivity index (χ4n) is 3.09. The predicted octanol–water partition coefficient (Wildman–Crippen LogP) is 0.546. The molecule has 8 nitrogen and oxygen atoms in total. The summed E-state index contributed by atoms with van der Waals surface area (Å²) in [6.07, 6.45) is -0.120. The van der Waals surface area contributed by atoms with Crippen LogP contribution < -0.4 is 10.1 Å². The predicted molar refractivity (Wildman–Crippen MR) is 99.0 cm³/mol. The Bertz CT molecular complexity index is 728. The number of methoxy groups -OCH3 is 2. The molecule has 1 aliphatic heterocycles. The molecule has 9 heteroatoms. The van der Waals surface area contributed by atoms with Gasteiger partial charge in [-0.05, 0) is 24.6 Å². The van der Waals surface area contributed by atoms with E-state index in [9.17, 15) is 18.8 Å². The number of hydrogen-bond acceptors (Lipinski definition) is 6. The van der Waals surface area contributed by atoms with Gasteiger partial charge in [-0.3, -0.25) is 19.3 Å². The average Bonchev–Trinajstić information content (AvgIpc) is 2.68. The Morgan fingerprint density at radius 2 is 2.11 bits per heavy atom. The molecule has 0 aliphatic carbocycles. The number of likely N-dealkylation sites (N-methyl/N-ethyl adjacent to an activating group) is 1. The molecule has 1 unspecified atom stereocenters. The normalized spacial score (nSPS) is 17.0. The molecule has 28 heavy (non-hydrogen) atoms. The van der Waals surface area contributed by atoms with Crippen LogP contribution >= 0.6 is 0 Å². The number of nitrogens with zero attached hydrogens (tertiary/aromatic N) is 2. The number of piperazine rings is 1. The third kappa shape index (κ3) is 5.41. The summed E-state index contributed by atoms with van der Waals surface area (Å²) < 4.78 is 23.5. The summed E-state index contributed by atoms with van der Waals surface area (Å²) in [5.74, 6) is -1.37. The van der Waals surface area contributed by atoms with Crippen molar-refractivity contribution in [3.8, 4) is 5.75 Å². The Kier molecular flexibility index (Phi) is 7.74. The van der Waals surface area contributed by atoms with Gasteiger partial charge in [-0.15, -0.1) is 0 Å². The number of carbonyl (C=O) groups excluding carboxylic acids is 3. The van der Waals surface area contributed by atoms with Gasteiger partial charge in [0, 0.05) is 26.2 Å². The molecular weight excluding hydrogens is 369 g/mol. The number of ether oxygens (including phenoxy) is 2. The first-order chi connectivity index (χ1) is 13.4. The highest BCUT2D eigenvalue weighted by molar-refractivity contribution is 5.88. The molecule has 1 saturated heterocycles. The fraction of sp³-hybridized carbons (Fsp3) is 0.526. The van der Waals surface area contributed by atoms with Crippen LogP contribution in [-0.2, 0) is 25.7 Å². The number of rotatable bonds is 8. The van der Waals surface area contributed by atoms with Gasteiger partial charge in [0.05, 0.1) is 27.2 Å². The van der Waals surface area contributed by atoms with Crippen LogP contribution in [0.15, 0.2) is 18.2 Å². The number of nitrogens with one attached hydrogen (secondary N) is 1. The van der Waals surface area contributed by atoms with Crippen LogP contribution in [0.5, 0.6) is 5.75 Å². The first-order valence-corrected chi connectivity index (χ1v) is 9.08. The number of halogens is 1. The third-order valence-corrected chi connectivity index (χ3v) is 4.69. The van der Waals surface area contributed by atoms with Gasteiger partial charge in [-0.2, -0.15) is 0 Å². The van der Waals surface area contributed by atoms with E-state index in [2.05, 4.69) is 10.1 Å². The molecule has 1 atom stereocenters. The minimum Gasteiger partial charge on any atom is -0.494 e. The fourth-order valence-corrected chi connectivity index (χ4v) is 3.09. The van der Waals surface area contributed by atoms with Crippen LogP contribution in [0.3, 0.4) is 0 Å². The smallest absolute Gasteiger partial charge is 0.307 e. The summed E-state index contributed by atoms with van der Waals surface area (Å²) in [5, 5.41) is 2.70. The maximum Gasteiger partial charge on any atom is 0.307 e. The lowest BCUT2D eigenvalue weighted by molar-refractivity contribution is -0.147. The lowest BCUT2D eigenvalue weighted by Crippen LogP contribution is -2.58. The zero-order valence-corrected chi connectivity index (χ0v) is 16.4. The first-order valence-electron chi connectivity index (χ1n) is 9.08. The van der Waals surface area contributed by atoms with E-state index < -0.39 is 17.8 Å². The van der Waals surface area contributed by atoms with Gasteiger partial charge in [-0.25, -0.2) is 4.39 Å². The van der Waals surface area contributed by atoms with Crippen LogP contribution in [0.25, 0.3) is 0 Å². The molecule has 1 heterocycles. The van der Waals surface area contributed by atoms with Crippen LogP contribution in [0.1, 0.15) is 18.9 Å². The molecule has 0 aromatic heterocycles. The Balaban J connectivity index is 2.06. The molecule has 0 saturated carbocycles. The number of esters is 1. The summed E-state index contributed by atoms with van der Waals surface area (Å²) in [7, 11) is 2.64. The molecule has 2 amide bonds. The summed E-state index contributed by atoms with van der Waals surface area (Å²) in [6, 6.07) is 3.81. The van der Waals surface area contributed by atoms with Gasteiger partial charge in [0.25, 0.3) is 0 Å². The van der Waals surface area contributed by atoms with Crippen molar-refractivity contribution in [1.29, 1.82) is 0 Å². The monoisotopic (exact) mass is 395 g/mol. The second-order valence-electron chi connectivity index (χ2n) is 6.43. The van der Waals surface area contributed by atoms with Crippen molar-refractivity contribution in [2.24, 2.45) is 0 Å². The van der Waals surface area contributed by atoms with Crippen LogP contribution in [0, 0.1) is 5.82 Å². The maximum atomic E-state index is 13.9. The first kappa shape index (κ1) is 21.6.